The molecule has 0 aromatic heterocycles. The van der Waals surface area contributed by atoms with Crippen LogP contribution in [-0.4, -0.2) is 18.3 Å². The van der Waals surface area contributed by atoms with Gasteiger partial charge in [0.15, 0.2) is 0 Å². The summed E-state index contributed by atoms with van der Waals surface area (Å²) in [5.74, 6) is 1.05. The molecule has 0 bridgehead atoms. The average molecular weight is 165 g/mol. The van der Waals surface area contributed by atoms with Gasteiger partial charge in [-0.15, -0.1) is 11.8 Å². The first-order valence-electron chi connectivity index (χ1n) is 3.43. The Hall–Kier alpha value is -0.405. The summed E-state index contributed by atoms with van der Waals surface area (Å²) in [7, 11) is 1.22. The fraction of sp³-hybridized carbons (Fsp3) is 0.250. The van der Waals surface area contributed by atoms with Crippen LogP contribution in [0.5, 0.6) is 0 Å². The molecule has 1 N–H and O–H groups in total. The molecule has 1 unspecified atom stereocenters. The van der Waals surface area contributed by atoms with Crippen molar-refractivity contribution in [3.63, 3.8) is 0 Å². The van der Waals surface area contributed by atoms with E-state index in [2.05, 4.69) is 13.2 Å². The van der Waals surface area contributed by atoms with Crippen molar-refractivity contribution >= 4 is 19.2 Å². The lowest BCUT2D eigenvalue weighted by Crippen LogP contribution is -2.03. The van der Waals surface area contributed by atoms with Crippen LogP contribution in [0.3, 0.4) is 0 Å². The fourth-order valence-electron chi connectivity index (χ4n) is 1.09. The minimum absolute atomic E-state index is 0.144. The Kier molecular flexibility index (Phi) is 3.03. The predicted octanol–water partition coefficient (Wildman–Crippen LogP) is 1.76. The highest BCUT2D eigenvalue weighted by molar-refractivity contribution is 8.03. The number of allylic oxidation sites excluding steroid dienone is 3. The molecule has 1 atom stereocenters. The molecule has 1 radical (unpaired) electrons. The molecule has 0 saturated carbocycles. The standard InChI is InChI=1S/C8H10BOS/c1-3-6-7(9-10)5-11-8(6)4-2/h3-4,7,10H,1-2,5H2. The third-order valence-electron chi connectivity index (χ3n) is 1.69. The van der Waals surface area contributed by atoms with Crippen molar-refractivity contribution in [1.82, 2.24) is 0 Å². The zero-order valence-corrected chi connectivity index (χ0v) is 7.10. The van der Waals surface area contributed by atoms with Gasteiger partial charge in [-0.25, -0.2) is 0 Å². The summed E-state index contributed by atoms with van der Waals surface area (Å²) in [6.45, 7) is 7.38. The summed E-state index contributed by atoms with van der Waals surface area (Å²) < 4.78 is 0. The SMILES string of the molecule is C=CC1=C(C=C)C([B]O)CS1. The molecule has 57 valence electrons. The van der Waals surface area contributed by atoms with Crippen molar-refractivity contribution in [1.29, 1.82) is 0 Å². The molecule has 1 nitrogen and oxygen atoms in total. The van der Waals surface area contributed by atoms with Gasteiger partial charge in [-0.1, -0.05) is 25.3 Å². The molecule has 0 saturated heterocycles. The van der Waals surface area contributed by atoms with E-state index in [0.717, 1.165) is 16.2 Å². The number of thioether (sulfide) groups is 1. The van der Waals surface area contributed by atoms with Gasteiger partial charge >= 0.3 is 0 Å². The van der Waals surface area contributed by atoms with Crippen molar-refractivity contribution in [2.45, 2.75) is 5.82 Å². The maximum absolute atomic E-state index is 8.83. The molecule has 1 aliphatic heterocycles. The van der Waals surface area contributed by atoms with Gasteiger partial charge in [-0.2, -0.15) is 0 Å². The zero-order chi connectivity index (χ0) is 8.27. The number of rotatable bonds is 3. The lowest BCUT2D eigenvalue weighted by atomic mass is 9.76. The van der Waals surface area contributed by atoms with E-state index in [4.69, 9.17) is 5.02 Å². The maximum Gasteiger partial charge on any atom is 0.296 e. The van der Waals surface area contributed by atoms with Crippen LogP contribution in [0.25, 0.3) is 0 Å². The first-order chi connectivity index (χ1) is 5.33. The number of hydrogen-bond donors (Lipinski definition) is 1. The van der Waals surface area contributed by atoms with Crippen LogP contribution in [0, 0.1) is 0 Å². The van der Waals surface area contributed by atoms with Gasteiger partial charge in [-0.05, 0) is 11.4 Å². The maximum atomic E-state index is 8.83. The highest BCUT2D eigenvalue weighted by Gasteiger charge is 2.22. The van der Waals surface area contributed by atoms with Crippen molar-refractivity contribution in [2.24, 2.45) is 0 Å². The Morgan fingerprint density at radius 3 is 2.73 bits per heavy atom. The number of hydrogen-bond acceptors (Lipinski definition) is 2. The van der Waals surface area contributed by atoms with E-state index >= 15 is 0 Å². The molecule has 11 heavy (non-hydrogen) atoms. The second-order valence-corrected chi connectivity index (χ2v) is 3.36. The molecule has 0 fully saturated rings. The molecule has 0 amide bonds. The predicted molar refractivity (Wildman–Crippen MR) is 51.6 cm³/mol. The normalized spacial score (nSPS) is 23.5. The lowest BCUT2D eigenvalue weighted by molar-refractivity contribution is 0.593. The Morgan fingerprint density at radius 1 is 1.55 bits per heavy atom. The minimum atomic E-state index is 0.144. The monoisotopic (exact) mass is 165 g/mol. The first kappa shape index (κ1) is 8.69. The zero-order valence-electron chi connectivity index (χ0n) is 6.29. The molecule has 0 aromatic carbocycles. The third-order valence-corrected chi connectivity index (χ3v) is 2.93. The van der Waals surface area contributed by atoms with Crippen LogP contribution >= 0.6 is 11.8 Å². The van der Waals surface area contributed by atoms with Gasteiger partial charge in [0, 0.05) is 10.7 Å². The van der Waals surface area contributed by atoms with Gasteiger partial charge in [0.05, 0.1) is 0 Å². The van der Waals surface area contributed by atoms with Gasteiger partial charge in [0.1, 0.15) is 0 Å². The summed E-state index contributed by atoms with van der Waals surface area (Å²) in [5, 5.41) is 8.83. The largest absolute Gasteiger partial charge is 0.454 e. The Balaban J connectivity index is 2.86. The van der Waals surface area contributed by atoms with E-state index < -0.39 is 0 Å². The van der Waals surface area contributed by atoms with Crippen molar-refractivity contribution in [2.75, 3.05) is 5.75 Å². The highest BCUT2D eigenvalue weighted by atomic mass is 32.2. The highest BCUT2D eigenvalue weighted by Crippen LogP contribution is 2.39. The molecular formula is C8H10BOS. The molecule has 1 rings (SSSR count). The van der Waals surface area contributed by atoms with E-state index in [-0.39, 0.29) is 5.82 Å². The van der Waals surface area contributed by atoms with Crippen LogP contribution in [0.15, 0.2) is 35.8 Å². The van der Waals surface area contributed by atoms with E-state index in [1.54, 1.807) is 17.8 Å². The van der Waals surface area contributed by atoms with Gasteiger partial charge < -0.3 is 5.02 Å². The molecule has 3 heteroatoms. The fourth-order valence-corrected chi connectivity index (χ4v) is 2.23. The molecule has 0 spiro atoms. The van der Waals surface area contributed by atoms with Gasteiger partial charge in [0.2, 0.25) is 0 Å². The Labute approximate surface area is 72.2 Å². The molecule has 0 aromatic rings. The molecule has 1 aliphatic rings. The molecular weight excluding hydrogens is 155 g/mol. The minimum Gasteiger partial charge on any atom is -0.454 e. The molecule has 0 aliphatic carbocycles. The summed E-state index contributed by atoms with van der Waals surface area (Å²) in [5.41, 5.74) is 1.09. The van der Waals surface area contributed by atoms with Crippen LogP contribution in [0.4, 0.5) is 0 Å². The second-order valence-electron chi connectivity index (χ2n) is 2.29. The first-order valence-corrected chi connectivity index (χ1v) is 4.41. The van der Waals surface area contributed by atoms with Crippen LogP contribution in [0.2, 0.25) is 5.82 Å². The van der Waals surface area contributed by atoms with Gasteiger partial charge in [0.25, 0.3) is 7.48 Å². The van der Waals surface area contributed by atoms with Crippen LogP contribution in [0.1, 0.15) is 0 Å². The van der Waals surface area contributed by atoms with E-state index in [1.807, 2.05) is 6.08 Å². The molecule has 1 heterocycles. The van der Waals surface area contributed by atoms with Crippen molar-refractivity contribution < 1.29 is 5.02 Å². The Bertz CT molecular complexity index is 210. The van der Waals surface area contributed by atoms with Gasteiger partial charge in [-0.3, -0.25) is 0 Å². The quantitative estimate of drug-likeness (QED) is 0.643. The van der Waals surface area contributed by atoms with Crippen LogP contribution < -0.4 is 0 Å². The topological polar surface area (TPSA) is 20.2 Å². The second kappa shape index (κ2) is 3.84. The average Bonchev–Trinajstić information content (AvgIpc) is 2.45. The summed E-state index contributed by atoms with van der Waals surface area (Å²) in [6, 6.07) is 0. The lowest BCUT2D eigenvalue weighted by Gasteiger charge is -2.03. The van der Waals surface area contributed by atoms with E-state index in [1.165, 1.54) is 7.48 Å². The van der Waals surface area contributed by atoms with Crippen molar-refractivity contribution in [3.05, 3.63) is 35.8 Å². The Morgan fingerprint density at radius 2 is 2.27 bits per heavy atom. The summed E-state index contributed by atoms with van der Waals surface area (Å²) in [6.07, 6.45) is 3.60. The summed E-state index contributed by atoms with van der Waals surface area (Å²) >= 11 is 1.71. The third kappa shape index (κ3) is 1.60. The summed E-state index contributed by atoms with van der Waals surface area (Å²) in [4.78, 5) is 1.13. The van der Waals surface area contributed by atoms with E-state index in [0.29, 0.717) is 0 Å². The van der Waals surface area contributed by atoms with Crippen molar-refractivity contribution in [3.8, 4) is 0 Å². The smallest absolute Gasteiger partial charge is 0.296 e. The van der Waals surface area contributed by atoms with E-state index in [9.17, 15) is 0 Å². The van der Waals surface area contributed by atoms with Crippen LogP contribution in [-0.2, 0) is 0 Å².